The van der Waals surface area contributed by atoms with Gasteiger partial charge < -0.3 is 4.57 Å². The number of hydrogen-bond acceptors (Lipinski definition) is 0. The fourth-order valence-corrected chi connectivity index (χ4v) is 9.92. The van der Waals surface area contributed by atoms with E-state index in [4.69, 9.17) is 0 Å². The van der Waals surface area contributed by atoms with Crippen LogP contribution in [0.15, 0.2) is 182 Å². The maximum atomic E-state index is 2.49. The molecular formula is C43H30NP. The van der Waals surface area contributed by atoms with E-state index in [0.29, 0.717) is 0 Å². The predicted octanol–water partition coefficient (Wildman–Crippen LogP) is 9.24. The van der Waals surface area contributed by atoms with Crippen molar-refractivity contribution in [3.8, 4) is 5.69 Å². The zero-order valence-corrected chi connectivity index (χ0v) is 25.6. The van der Waals surface area contributed by atoms with Gasteiger partial charge in [0.15, 0.2) is 0 Å². The molecule has 0 fully saturated rings. The second-order valence-electron chi connectivity index (χ2n) is 11.7. The Balaban J connectivity index is 1.35. The van der Waals surface area contributed by atoms with Crippen LogP contribution in [0, 0.1) is 0 Å². The third-order valence-corrected chi connectivity index (χ3v) is 11.9. The Labute approximate surface area is 264 Å². The Morgan fingerprint density at radius 2 is 0.889 bits per heavy atom. The van der Waals surface area contributed by atoms with Crippen molar-refractivity contribution in [1.29, 1.82) is 0 Å². The molecule has 9 rings (SSSR count). The summed E-state index contributed by atoms with van der Waals surface area (Å²) in [6.07, 6.45) is 0. The van der Waals surface area contributed by atoms with Crippen LogP contribution in [-0.4, -0.2) is 4.57 Å². The number of nitrogens with zero attached hydrogens (tertiary/aromatic N) is 1. The fraction of sp³-hybridized carbons (Fsp3) is 0.0233. The van der Waals surface area contributed by atoms with Crippen LogP contribution in [0.5, 0.6) is 0 Å². The molecule has 45 heavy (non-hydrogen) atoms. The minimum absolute atomic E-state index is 0.484. The standard InChI is InChI=1S/C43H30NP/c1-4-15-31(16-5-1)43(32-27-29-35(30-28-32)45(33-17-6-2-7-18-33)34-19-8-3-9-20-34)38-23-11-13-26-41(38)44-40-25-12-10-21-36(40)37-22-14-24-39(43)42(37)44/h1-30H. The van der Waals surface area contributed by atoms with Gasteiger partial charge >= 0.3 is 0 Å². The van der Waals surface area contributed by atoms with Crippen molar-refractivity contribution < 1.29 is 0 Å². The van der Waals surface area contributed by atoms with Crippen molar-refractivity contribution in [2.75, 3.05) is 0 Å². The largest absolute Gasteiger partial charge is 0.309 e. The highest BCUT2D eigenvalue weighted by Crippen LogP contribution is 2.54. The lowest BCUT2D eigenvalue weighted by atomic mass is 9.63. The first-order valence-corrected chi connectivity index (χ1v) is 16.9. The molecule has 1 aromatic heterocycles. The molecule has 0 bridgehead atoms. The second-order valence-corrected chi connectivity index (χ2v) is 14.0. The summed E-state index contributed by atoms with van der Waals surface area (Å²) in [6.45, 7) is 0. The first-order chi connectivity index (χ1) is 22.4. The van der Waals surface area contributed by atoms with E-state index in [1.54, 1.807) is 0 Å². The average Bonchev–Trinajstić information content (AvgIpc) is 3.46. The summed E-state index contributed by atoms with van der Waals surface area (Å²) in [5.74, 6) is 0. The minimum Gasteiger partial charge on any atom is -0.309 e. The van der Waals surface area contributed by atoms with E-state index in [1.807, 2.05) is 0 Å². The van der Waals surface area contributed by atoms with Gasteiger partial charge in [-0.1, -0.05) is 170 Å². The predicted molar refractivity (Wildman–Crippen MR) is 191 cm³/mol. The normalized spacial score (nSPS) is 15.4. The molecule has 8 aromatic rings. The Bertz CT molecular complexity index is 2270. The lowest BCUT2D eigenvalue weighted by Crippen LogP contribution is -2.35. The zero-order valence-electron chi connectivity index (χ0n) is 24.7. The van der Waals surface area contributed by atoms with E-state index in [9.17, 15) is 0 Å². The van der Waals surface area contributed by atoms with Gasteiger partial charge in [-0.15, -0.1) is 0 Å². The van der Waals surface area contributed by atoms with Gasteiger partial charge in [-0.2, -0.15) is 0 Å². The van der Waals surface area contributed by atoms with Crippen LogP contribution in [0.3, 0.4) is 0 Å². The summed E-state index contributed by atoms with van der Waals surface area (Å²) in [4.78, 5) is 0. The zero-order chi connectivity index (χ0) is 29.8. The Morgan fingerprint density at radius 3 is 1.60 bits per heavy atom. The maximum Gasteiger partial charge on any atom is 0.0742 e. The quantitative estimate of drug-likeness (QED) is 0.176. The number of rotatable bonds is 5. The molecule has 1 aliphatic rings. The molecule has 2 heteroatoms. The minimum atomic E-state index is -0.694. The van der Waals surface area contributed by atoms with Crippen molar-refractivity contribution in [2.45, 2.75) is 5.41 Å². The number of aromatic nitrogens is 1. The molecule has 1 nitrogen and oxygen atoms in total. The van der Waals surface area contributed by atoms with E-state index >= 15 is 0 Å². The van der Waals surface area contributed by atoms with Crippen LogP contribution in [0.25, 0.3) is 27.5 Å². The number of para-hydroxylation sites is 3. The molecule has 0 amide bonds. The first kappa shape index (κ1) is 26.2. The molecule has 7 aromatic carbocycles. The van der Waals surface area contributed by atoms with Crippen molar-refractivity contribution in [3.05, 3.63) is 204 Å². The van der Waals surface area contributed by atoms with Gasteiger partial charge in [0.2, 0.25) is 0 Å². The van der Waals surface area contributed by atoms with Gasteiger partial charge in [0.1, 0.15) is 0 Å². The van der Waals surface area contributed by atoms with Gasteiger partial charge in [0.05, 0.1) is 22.1 Å². The van der Waals surface area contributed by atoms with Crippen LogP contribution in [-0.2, 0) is 5.41 Å². The molecule has 0 spiro atoms. The summed E-state index contributed by atoms with van der Waals surface area (Å²) < 4.78 is 2.49. The Morgan fingerprint density at radius 1 is 0.378 bits per heavy atom. The summed E-state index contributed by atoms with van der Waals surface area (Å²) in [7, 11) is -0.694. The summed E-state index contributed by atoms with van der Waals surface area (Å²) in [5.41, 5.74) is 8.49. The molecule has 1 atom stereocenters. The molecule has 212 valence electrons. The molecule has 0 radical (unpaired) electrons. The average molecular weight is 592 g/mol. The lowest BCUT2D eigenvalue weighted by Gasteiger charge is -2.41. The SMILES string of the molecule is c1ccc(P(c2ccccc2)c2ccc(C3(c4ccccc4)c4ccccc4-n4c5ccccc5c5cccc3c54)cc2)cc1. The van der Waals surface area contributed by atoms with Crippen molar-refractivity contribution in [1.82, 2.24) is 4.57 Å². The smallest absolute Gasteiger partial charge is 0.0742 e. The molecular weight excluding hydrogens is 561 g/mol. The van der Waals surface area contributed by atoms with Crippen LogP contribution < -0.4 is 15.9 Å². The van der Waals surface area contributed by atoms with Crippen molar-refractivity contribution in [2.24, 2.45) is 0 Å². The van der Waals surface area contributed by atoms with Gasteiger partial charge in [0.25, 0.3) is 0 Å². The van der Waals surface area contributed by atoms with Gasteiger partial charge in [-0.05, 0) is 58.2 Å². The molecule has 2 heterocycles. The van der Waals surface area contributed by atoms with Crippen molar-refractivity contribution in [3.63, 3.8) is 0 Å². The number of fused-ring (bicyclic) bond motifs is 5. The molecule has 0 saturated carbocycles. The van der Waals surface area contributed by atoms with Gasteiger partial charge in [-0.25, -0.2) is 0 Å². The highest BCUT2D eigenvalue weighted by atomic mass is 31.1. The van der Waals surface area contributed by atoms with Gasteiger partial charge in [-0.3, -0.25) is 0 Å². The summed E-state index contributed by atoms with van der Waals surface area (Å²) in [5, 5.41) is 6.67. The maximum absolute atomic E-state index is 2.49. The van der Waals surface area contributed by atoms with E-state index in [-0.39, 0.29) is 0 Å². The second kappa shape index (κ2) is 10.4. The van der Waals surface area contributed by atoms with Crippen LogP contribution in [0.1, 0.15) is 22.3 Å². The van der Waals surface area contributed by atoms with Crippen LogP contribution in [0.4, 0.5) is 0 Å². The third kappa shape index (κ3) is 3.84. The van der Waals surface area contributed by atoms with Crippen molar-refractivity contribution >= 4 is 45.6 Å². The fourth-order valence-electron chi connectivity index (χ4n) is 7.64. The molecule has 0 saturated heterocycles. The highest BCUT2D eigenvalue weighted by molar-refractivity contribution is 7.79. The Hall–Kier alpha value is -5.23. The van der Waals surface area contributed by atoms with E-state index in [0.717, 1.165) is 0 Å². The third-order valence-electron chi connectivity index (χ3n) is 9.44. The molecule has 0 aliphatic carbocycles. The van der Waals surface area contributed by atoms with Gasteiger partial charge in [0, 0.05) is 10.8 Å². The van der Waals surface area contributed by atoms with E-state index in [1.165, 1.54) is 65.7 Å². The highest BCUT2D eigenvalue weighted by Gasteiger charge is 2.45. The topological polar surface area (TPSA) is 4.93 Å². The Kier molecular flexibility index (Phi) is 6.08. The number of benzene rings is 7. The lowest BCUT2D eigenvalue weighted by molar-refractivity contribution is 0.728. The summed E-state index contributed by atoms with van der Waals surface area (Å²) >= 11 is 0. The van der Waals surface area contributed by atoms with E-state index < -0.39 is 13.3 Å². The molecule has 0 N–H and O–H groups in total. The van der Waals surface area contributed by atoms with E-state index in [2.05, 4.69) is 187 Å². The summed E-state index contributed by atoms with van der Waals surface area (Å²) in [6, 6.07) is 67.4. The van der Waals surface area contributed by atoms with Crippen LogP contribution in [0.2, 0.25) is 0 Å². The molecule has 1 unspecified atom stereocenters. The monoisotopic (exact) mass is 591 g/mol. The number of hydrogen-bond donors (Lipinski definition) is 0. The van der Waals surface area contributed by atoms with Crippen LogP contribution >= 0.6 is 7.92 Å². The first-order valence-electron chi connectivity index (χ1n) is 15.5. The molecule has 1 aliphatic heterocycles.